The first-order valence-electron chi connectivity index (χ1n) is 16.9. The third kappa shape index (κ3) is 7.51. The molecular formula is C39H47NO7S. The van der Waals surface area contributed by atoms with Gasteiger partial charge in [0.1, 0.15) is 22.0 Å². The van der Waals surface area contributed by atoms with E-state index in [4.69, 9.17) is 4.74 Å². The van der Waals surface area contributed by atoms with Crippen molar-refractivity contribution in [3.63, 3.8) is 0 Å². The molecule has 1 aliphatic heterocycles. The standard InChI is InChI=1S/C39H47NO7S/c1-25(27-12-6-5-7-13-27)39(37(44)45,48(46)24-36(42)43)21-20-26-18-19-31(38(2,3)4)32(22-26)40-35(41)23-30-28-14-8-10-16-33(28)47-34-17-11-9-15-29(30)34/h8-11,14-19,22,25,27,30H,5-7,12-13,20-21,23-24H2,1-4H3,(H,40,41)(H,42,43)(H,44,45). The fourth-order valence-electron chi connectivity index (χ4n) is 7.65. The number of fused-ring (bicyclic) bond motifs is 2. The second-order valence-corrected chi connectivity index (χ2v) is 16.1. The third-order valence-electron chi connectivity index (χ3n) is 10.3. The van der Waals surface area contributed by atoms with Gasteiger partial charge < -0.3 is 20.3 Å². The van der Waals surface area contributed by atoms with Crippen molar-refractivity contribution in [1.82, 2.24) is 0 Å². The number of ether oxygens (including phenoxy) is 1. The van der Waals surface area contributed by atoms with E-state index < -0.39 is 39.2 Å². The van der Waals surface area contributed by atoms with Crippen LogP contribution in [0.3, 0.4) is 0 Å². The number of anilines is 1. The minimum atomic E-state index is -2.13. The number of para-hydroxylation sites is 2. The van der Waals surface area contributed by atoms with Crippen LogP contribution in [0, 0.1) is 11.8 Å². The third-order valence-corrected chi connectivity index (χ3v) is 12.3. The summed E-state index contributed by atoms with van der Waals surface area (Å²) in [5.41, 5.74) is 3.95. The lowest BCUT2D eigenvalue weighted by Crippen LogP contribution is -2.53. The number of carbonyl (C=O) groups excluding carboxylic acids is 1. The number of amides is 1. The molecule has 3 aromatic rings. The highest BCUT2D eigenvalue weighted by molar-refractivity contribution is 7.88. The molecule has 3 aromatic carbocycles. The highest BCUT2D eigenvalue weighted by atomic mass is 32.2. The SMILES string of the molecule is CC(C1CCCCC1)C(CCc1ccc(C(C)(C)C)c(NC(=O)CC2c3ccccc3Oc3ccccc32)c1)(C(=O)O)S(=O)CC(=O)O. The van der Waals surface area contributed by atoms with Crippen molar-refractivity contribution in [2.75, 3.05) is 11.1 Å². The number of rotatable bonds is 12. The predicted molar refractivity (Wildman–Crippen MR) is 188 cm³/mol. The smallest absolute Gasteiger partial charge is 0.322 e. The predicted octanol–water partition coefficient (Wildman–Crippen LogP) is 8.06. The van der Waals surface area contributed by atoms with E-state index in [1.807, 2.05) is 73.7 Å². The van der Waals surface area contributed by atoms with Gasteiger partial charge in [-0.15, -0.1) is 0 Å². The van der Waals surface area contributed by atoms with Crippen molar-refractivity contribution < 1.29 is 33.5 Å². The summed E-state index contributed by atoms with van der Waals surface area (Å²) in [5, 5.41) is 23.4. The van der Waals surface area contributed by atoms with Crippen molar-refractivity contribution in [1.29, 1.82) is 0 Å². The Labute approximate surface area is 285 Å². The summed E-state index contributed by atoms with van der Waals surface area (Å²) in [5.74, 6) is -2.50. The van der Waals surface area contributed by atoms with E-state index in [9.17, 15) is 28.8 Å². The van der Waals surface area contributed by atoms with Gasteiger partial charge in [0.15, 0.2) is 0 Å². The van der Waals surface area contributed by atoms with Crippen molar-refractivity contribution in [3.8, 4) is 11.5 Å². The monoisotopic (exact) mass is 673 g/mol. The molecular weight excluding hydrogens is 626 g/mol. The summed E-state index contributed by atoms with van der Waals surface area (Å²) in [6.45, 7) is 8.04. The van der Waals surface area contributed by atoms with Crippen LogP contribution in [0.1, 0.15) is 101 Å². The summed E-state index contributed by atoms with van der Waals surface area (Å²) >= 11 is 0. The molecule has 0 aromatic heterocycles. The van der Waals surface area contributed by atoms with Gasteiger partial charge >= 0.3 is 11.9 Å². The Kier molecular flexibility index (Phi) is 10.8. The molecule has 0 radical (unpaired) electrons. The van der Waals surface area contributed by atoms with Crippen LogP contribution in [0.25, 0.3) is 0 Å². The van der Waals surface area contributed by atoms with Crippen molar-refractivity contribution in [2.24, 2.45) is 11.8 Å². The molecule has 1 fully saturated rings. The van der Waals surface area contributed by atoms with Crippen molar-refractivity contribution in [2.45, 2.75) is 95.1 Å². The maximum atomic E-state index is 13.8. The van der Waals surface area contributed by atoms with Gasteiger partial charge in [0.2, 0.25) is 5.91 Å². The van der Waals surface area contributed by atoms with E-state index in [0.29, 0.717) is 5.69 Å². The molecule has 1 aliphatic carbocycles. The molecule has 9 heteroatoms. The number of aryl methyl sites for hydroxylation is 1. The van der Waals surface area contributed by atoms with Gasteiger partial charge in [0.05, 0.1) is 10.8 Å². The second-order valence-electron chi connectivity index (χ2n) is 14.4. The number of aliphatic carboxylic acids is 2. The minimum Gasteiger partial charge on any atom is -0.481 e. The molecule has 1 saturated carbocycles. The highest BCUT2D eigenvalue weighted by Gasteiger charge is 2.52. The molecule has 2 aliphatic rings. The van der Waals surface area contributed by atoms with E-state index in [1.54, 1.807) is 0 Å². The van der Waals surface area contributed by atoms with Crippen LogP contribution in [0.2, 0.25) is 0 Å². The summed E-state index contributed by atoms with van der Waals surface area (Å²) < 4.78 is 18.1. The average Bonchev–Trinajstić information content (AvgIpc) is 3.04. The molecule has 3 atom stereocenters. The molecule has 0 saturated heterocycles. The summed E-state index contributed by atoms with van der Waals surface area (Å²) in [6.07, 6.45) is 5.24. The first-order chi connectivity index (χ1) is 22.8. The first-order valence-corrected chi connectivity index (χ1v) is 18.3. The largest absolute Gasteiger partial charge is 0.481 e. The molecule has 256 valence electrons. The Morgan fingerprint density at radius 3 is 2.08 bits per heavy atom. The number of hydrogen-bond donors (Lipinski definition) is 3. The molecule has 3 N–H and O–H groups in total. The van der Waals surface area contributed by atoms with Crippen LogP contribution in [0.5, 0.6) is 11.5 Å². The van der Waals surface area contributed by atoms with Crippen LogP contribution in [0.15, 0.2) is 66.7 Å². The number of carbonyl (C=O) groups is 3. The Morgan fingerprint density at radius 2 is 1.52 bits per heavy atom. The van der Waals surface area contributed by atoms with E-state index >= 15 is 0 Å². The van der Waals surface area contributed by atoms with Gasteiger partial charge in [-0.05, 0) is 59.4 Å². The van der Waals surface area contributed by atoms with Crippen molar-refractivity contribution in [3.05, 3.63) is 89.0 Å². The number of carboxylic acid groups (broad SMARTS) is 2. The van der Waals surface area contributed by atoms with Crippen LogP contribution in [-0.4, -0.2) is 42.8 Å². The Bertz CT molecular complexity index is 1640. The van der Waals surface area contributed by atoms with Crippen LogP contribution in [0.4, 0.5) is 5.69 Å². The van der Waals surface area contributed by atoms with Gasteiger partial charge in [0, 0.05) is 29.2 Å². The van der Waals surface area contributed by atoms with Crippen LogP contribution in [-0.2, 0) is 37.0 Å². The van der Waals surface area contributed by atoms with E-state index in [-0.39, 0.29) is 42.4 Å². The normalized spacial score (nSPS) is 17.6. The van der Waals surface area contributed by atoms with Gasteiger partial charge in [0.25, 0.3) is 0 Å². The molecule has 5 rings (SSSR count). The lowest BCUT2D eigenvalue weighted by atomic mass is 9.73. The zero-order valence-electron chi connectivity index (χ0n) is 28.3. The maximum absolute atomic E-state index is 13.8. The summed E-state index contributed by atoms with van der Waals surface area (Å²) in [6, 6.07) is 21.3. The van der Waals surface area contributed by atoms with Gasteiger partial charge in [-0.2, -0.15) is 0 Å². The lowest BCUT2D eigenvalue weighted by Gasteiger charge is -2.40. The lowest BCUT2D eigenvalue weighted by molar-refractivity contribution is -0.142. The fraction of sp³-hybridized carbons (Fsp3) is 0.462. The molecule has 1 amide bonds. The van der Waals surface area contributed by atoms with Gasteiger partial charge in [-0.1, -0.05) is 108 Å². The number of carboxylic acids is 2. The Morgan fingerprint density at radius 1 is 0.917 bits per heavy atom. The maximum Gasteiger partial charge on any atom is 0.322 e. The zero-order valence-corrected chi connectivity index (χ0v) is 29.1. The Balaban J connectivity index is 1.43. The van der Waals surface area contributed by atoms with Crippen molar-refractivity contribution >= 4 is 34.3 Å². The van der Waals surface area contributed by atoms with Crippen LogP contribution < -0.4 is 10.1 Å². The average molecular weight is 674 g/mol. The van der Waals surface area contributed by atoms with E-state index in [2.05, 4.69) is 26.1 Å². The fourth-order valence-corrected chi connectivity index (χ4v) is 9.27. The topological polar surface area (TPSA) is 130 Å². The van der Waals surface area contributed by atoms with Gasteiger partial charge in [-0.3, -0.25) is 18.6 Å². The van der Waals surface area contributed by atoms with Gasteiger partial charge in [-0.25, -0.2) is 0 Å². The second kappa shape index (κ2) is 14.6. The number of benzene rings is 3. The molecule has 3 unspecified atom stereocenters. The molecule has 0 bridgehead atoms. The quantitative estimate of drug-likeness (QED) is 0.177. The minimum absolute atomic E-state index is 0.0256. The van der Waals surface area contributed by atoms with E-state index in [0.717, 1.165) is 65.9 Å². The number of hydrogen-bond acceptors (Lipinski definition) is 5. The Hall–Kier alpha value is -3.98. The highest BCUT2D eigenvalue weighted by Crippen LogP contribution is 2.46. The summed E-state index contributed by atoms with van der Waals surface area (Å²) in [7, 11) is -2.13. The zero-order chi connectivity index (χ0) is 34.6. The number of nitrogens with one attached hydrogen (secondary N) is 1. The molecule has 1 heterocycles. The molecule has 0 spiro atoms. The molecule has 8 nitrogen and oxygen atoms in total. The van der Waals surface area contributed by atoms with E-state index in [1.165, 1.54) is 0 Å². The summed E-state index contributed by atoms with van der Waals surface area (Å²) in [4.78, 5) is 38.6. The van der Waals surface area contributed by atoms with Crippen LogP contribution >= 0.6 is 0 Å². The molecule has 48 heavy (non-hydrogen) atoms. The first kappa shape index (κ1) is 35.3.